The van der Waals surface area contributed by atoms with Crippen molar-refractivity contribution in [2.24, 2.45) is 0 Å². The van der Waals surface area contributed by atoms with Crippen LogP contribution in [0.1, 0.15) is 18.9 Å². The molecule has 1 N–H and O–H groups in total. The zero-order valence-electron chi connectivity index (χ0n) is 11.5. The number of carbonyl (C=O) groups excluding carboxylic acids is 1. The molecule has 4 nitrogen and oxygen atoms in total. The number of halogens is 2. The molecule has 1 aliphatic rings. The van der Waals surface area contributed by atoms with Gasteiger partial charge in [0.2, 0.25) is 0 Å². The van der Waals surface area contributed by atoms with Crippen LogP contribution in [-0.2, 0) is 16.0 Å². The Labute approximate surface area is 130 Å². The first-order chi connectivity index (χ1) is 9.13. The van der Waals surface area contributed by atoms with E-state index >= 15 is 0 Å². The Hall–Kier alpha value is -0.970. The van der Waals surface area contributed by atoms with Crippen LogP contribution in [0.15, 0.2) is 18.2 Å². The first-order valence-electron chi connectivity index (χ1n) is 6.40. The van der Waals surface area contributed by atoms with Crippen LogP contribution in [0, 0.1) is 0 Å². The molecular formula is C14H19Cl2NO3. The highest BCUT2D eigenvalue weighted by atomic mass is 35.5. The van der Waals surface area contributed by atoms with Crippen molar-refractivity contribution in [1.82, 2.24) is 5.32 Å². The van der Waals surface area contributed by atoms with Crippen LogP contribution < -0.4 is 10.1 Å². The number of esters is 1. The molecule has 6 heteroatoms. The lowest BCUT2D eigenvalue weighted by atomic mass is 10.1. The Kier molecular flexibility index (Phi) is 6.59. The number of benzene rings is 1. The van der Waals surface area contributed by atoms with Gasteiger partial charge >= 0.3 is 5.97 Å². The van der Waals surface area contributed by atoms with Crippen LogP contribution in [0.3, 0.4) is 0 Å². The van der Waals surface area contributed by atoms with E-state index in [1.165, 1.54) is 7.11 Å². The minimum Gasteiger partial charge on any atom is -0.489 e. The minimum atomic E-state index is -0.270. The number of ether oxygens (including phenoxy) is 2. The molecule has 1 aromatic carbocycles. The van der Waals surface area contributed by atoms with E-state index in [0.29, 0.717) is 13.0 Å². The molecule has 0 radical (unpaired) electrons. The van der Waals surface area contributed by atoms with Gasteiger partial charge < -0.3 is 14.8 Å². The van der Waals surface area contributed by atoms with E-state index in [4.69, 9.17) is 21.1 Å². The van der Waals surface area contributed by atoms with Crippen molar-refractivity contribution in [1.29, 1.82) is 0 Å². The van der Waals surface area contributed by atoms with E-state index in [0.717, 1.165) is 22.8 Å². The monoisotopic (exact) mass is 319 g/mol. The second-order valence-corrected chi connectivity index (χ2v) is 4.97. The smallest absolute Gasteiger partial charge is 0.323 e. The molecule has 1 saturated heterocycles. The van der Waals surface area contributed by atoms with Crippen molar-refractivity contribution >= 4 is 30.0 Å². The number of carbonyl (C=O) groups is 1. The van der Waals surface area contributed by atoms with Crippen LogP contribution in [0.25, 0.3) is 0 Å². The summed E-state index contributed by atoms with van der Waals surface area (Å²) in [7, 11) is 1.39. The van der Waals surface area contributed by atoms with Crippen molar-refractivity contribution in [2.45, 2.75) is 31.9 Å². The third-order valence-corrected chi connectivity index (χ3v) is 3.65. The Morgan fingerprint density at radius 2 is 2.25 bits per heavy atom. The summed E-state index contributed by atoms with van der Waals surface area (Å²) in [6.45, 7) is 2.69. The fourth-order valence-electron chi connectivity index (χ4n) is 2.20. The van der Waals surface area contributed by atoms with Gasteiger partial charge in [-0.1, -0.05) is 18.5 Å². The molecule has 1 heterocycles. The summed E-state index contributed by atoms with van der Waals surface area (Å²) >= 11 is 6.07. The van der Waals surface area contributed by atoms with Crippen molar-refractivity contribution in [2.75, 3.05) is 13.7 Å². The fourth-order valence-corrected chi connectivity index (χ4v) is 2.45. The van der Waals surface area contributed by atoms with Crippen LogP contribution in [0.5, 0.6) is 5.75 Å². The summed E-state index contributed by atoms with van der Waals surface area (Å²) in [5.74, 6) is 0.551. The van der Waals surface area contributed by atoms with E-state index in [-0.39, 0.29) is 30.5 Å². The van der Waals surface area contributed by atoms with Crippen molar-refractivity contribution in [3.8, 4) is 5.75 Å². The summed E-state index contributed by atoms with van der Waals surface area (Å²) in [5, 5.41) is 3.85. The average molecular weight is 320 g/mol. The molecule has 112 valence electrons. The average Bonchev–Trinajstić information content (AvgIpc) is 2.88. The van der Waals surface area contributed by atoms with Gasteiger partial charge in [-0.15, -0.1) is 12.4 Å². The molecular weight excluding hydrogens is 301 g/mol. The standard InChI is InChI=1S/C14H18ClNO3.ClH/c1-3-9-6-10(4-5-12(9)15)19-11-7-13(16-8-11)14(17)18-2;/h4-6,11,13,16H,3,7-8H2,1-2H3;1H/t11-,13-;/m0./s1. The normalized spacial score (nSPS) is 21.1. The third-order valence-electron chi connectivity index (χ3n) is 3.28. The van der Waals surface area contributed by atoms with Gasteiger partial charge in [-0.3, -0.25) is 4.79 Å². The minimum absolute atomic E-state index is 0. The van der Waals surface area contributed by atoms with Gasteiger partial charge in [-0.25, -0.2) is 0 Å². The van der Waals surface area contributed by atoms with E-state index in [1.807, 2.05) is 18.2 Å². The Bertz CT molecular complexity index is 468. The van der Waals surface area contributed by atoms with Gasteiger partial charge in [0.1, 0.15) is 17.9 Å². The topological polar surface area (TPSA) is 47.6 Å². The summed E-state index contributed by atoms with van der Waals surface area (Å²) in [4.78, 5) is 11.4. The third kappa shape index (κ3) is 4.01. The van der Waals surface area contributed by atoms with Gasteiger partial charge in [0.25, 0.3) is 0 Å². The number of aryl methyl sites for hydroxylation is 1. The number of nitrogens with one attached hydrogen (secondary N) is 1. The molecule has 0 bridgehead atoms. The van der Waals surface area contributed by atoms with Crippen LogP contribution in [0.4, 0.5) is 0 Å². The predicted octanol–water partition coefficient (Wildman–Crippen LogP) is 2.61. The molecule has 1 fully saturated rings. The molecule has 1 aliphatic heterocycles. The number of rotatable bonds is 4. The first kappa shape index (κ1) is 17.1. The fraction of sp³-hybridized carbons (Fsp3) is 0.500. The lowest BCUT2D eigenvalue weighted by Crippen LogP contribution is -2.31. The second kappa shape index (κ2) is 7.72. The van der Waals surface area contributed by atoms with E-state index in [1.54, 1.807) is 0 Å². The van der Waals surface area contributed by atoms with Gasteiger partial charge in [-0.05, 0) is 30.2 Å². The zero-order valence-corrected chi connectivity index (χ0v) is 13.1. The summed E-state index contributed by atoms with van der Waals surface area (Å²) < 4.78 is 10.6. The molecule has 2 atom stereocenters. The SMILES string of the molecule is CCc1cc(O[C@@H]2CN[C@H](C(=O)OC)C2)ccc1Cl.Cl. The van der Waals surface area contributed by atoms with Gasteiger partial charge in [0.05, 0.1) is 7.11 Å². The maximum atomic E-state index is 11.4. The molecule has 20 heavy (non-hydrogen) atoms. The van der Waals surface area contributed by atoms with Crippen LogP contribution in [-0.4, -0.2) is 31.8 Å². The highest BCUT2D eigenvalue weighted by Crippen LogP contribution is 2.24. The summed E-state index contributed by atoms with van der Waals surface area (Å²) in [6.07, 6.45) is 1.47. The van der Waals surface area contributed by atoms with E-state index < -0.39 is 0 Å². The van der Waals surface area contributed by atoms with Gasteiger partial charge in [-0.2, -0.15) is 0 Å². The largest absolute Gasteiger partial charge is 0.489 e. The lowest BCUT2D eigenvalue weighted by molar-refractivity contribution is -0.142. The highest BCUT2D eigenvalue weighted by Gasteiger charge is 2.31. The Morgan fingerprint density at radius 1 is 1.50 bits per heavy atom. The maximum absolute atomic E-state index is 11.4. The number of methoxy groups -OCH3 is 1. The maximum Gasteiger partial charge on any atom is 0.323 e. The molecule has 0 spiro atoms. The summed E-state index contributed by atoms with van der Waals surface area (Å²) in [6, 6.07) is 5.38. The molecule has 0 saturated carbocycles. The number of hydrogen-bond acceptors (Lipinski definition) is 4. The zero-order chi connectivity index (χ0) is 13.8. The molecule has 0 amide bonds. The molecule has 0 aliphatic carbocycles. The summed E-state index contributed by atoms with van der Waals surface area (Å²) in [5.41, 5.74) is 1.06. The second-order valence-electron chi connectivity index (χ2n) is 4.57. The van der Waals surface area contributed by atoms with Crippen molar-refractivity contribution < 1.29 is 14.3 Å². The molecule has 0 aromatic heterocycles. The van der Waals surface area contributed by atoms with E-state index in [9.17, 15) is 4.79 Å². The first-order valence-corrected chi connectivity index (χ1v) is 6.78. The molecule has 2 rings (SSSR count). The highest BCUT2D eigenvalue weighted by molar-refractivity contribution is 6.31. The predicted molar refractivity (Wildman–Crippen MR) is 80.9 cm³/mol. The number of hydrogen-bond donors (Lipinski definition) is 1. The van der Waals surface area contributed by atoms with Crippen LogP contribution >= 0.6 is 24.0 Å². The van der Waals surface area contributed by atoms with E-state index in [2.05, 4.69) is 12.2 Å². The molecule has 1 aromatic rings. The Balaban J connectivity index is 0.00000200. The quantitative estimate of drug-likeness (QED) is 0.867. The van der Waals surface area contributed by atoms with Crippen molar-refractivity contribution in [3.05, 3.63) is 28.8 Å². The molecule has 0 unspecified atom stereocenters. The van der Waals surface area contributed by atoms with Gasteiger partial charge in [0.15, 0.2) is 0 Å². The lowest BCUT2D eigenvalue weighted by Gasteiger charge is -2.14. The van der Waals surface area contributed by atoms with Gasteiger partial charge in [0, 0.05) is 18.0 Å². The van der Waals surface area contributed by atoms with Crippen LogP contribution in [0.2, 0.25) is 5.02 Å². The van der Waals surface area contributed by atoms with Crippen molar-refractivity contribution in [3.63, 3.8) is 0 Å². The Morgan fingerprint density at radius 3 is 2.90 bits per heavy atom.